The van der Waals surface area contributed by atoms with Gasteiger partial charge in [-0.3, -0.25) is 4.79 Å². The van der Waals surface area contributed by atoms with Crippen LogP contribution in [0.15, 0.2) is 66.7 Å². The molecule has 0 aliphatic carbocycles. The van der Waals surface area contributed by atoms with Crippen LogP contribution in [0.4, 0.5) is 5.69 Å². The third-order valence-corrected chi connectivity index (χ3v) is 6.59. The van der Waals surface area contributed by atoms with E-state index in [9.17, 15) is 4.79 Å². The number of benzene rings is 3. The SMILES string of the molecule is Cc1ccc(C(C)C)c(OCc2nc3ccccc3n2CC(=O)N2CCCc3ccccc32)c1. The minimum absolute atomic E-state index is 0.0787. The number of hydrogen-bond acceptors (Lipinski definition) is 3. The van der Waals surface area contributed by atoms with Crippen LogP contribution in [-0.2, 0) is 24.4 Å². The Bertz CT molecular complexity index is 1340. The van der Waals surface area contributed by atoms with Gasteiger partial charge in [0.05, 0.1) is 11.0 Å². The standard InChI is InChI=1S/C29H31N3O2/c1-20(2)23-15-14-21(3)17-27(23)34-19-28-30-24-11-5-7-13-26(24)32(28)18-29(33)31-16-8-10-22-9-4-6-12-25(22)31/h4-7,9,11-15,17,20H,8,10,16,18-19H2,1-3H3. The summed E-state index contributed by atoms with van der Waals surface area (Å²) in [5.41, 5.74) is 6.43. The molecule has 0 saturated heterocycles. The normalized spacial score (nSPS) is 13.4. The molecule has 5 heteroatoms. The van der Waals surface area contributed by atoms with Gasteiger partial charge in [0.15, 0.2) is 0 Å². The van der Waals surface area contributed by atoms with Crippen molar-refractivity contribution < 1.29 is 9.53 Å². The number of imidazole rings is 1. The third-order valence-electron chi connectivity index (χ3n) is 6.59. The van der Waals surface area contributed by atoms with Crippen LogP contribution in [0.3, 0.4) is 0 Å². The van der Waals surface area contributed by atoms with Crippen molar-refractivity contribution in [2.45, 2.75) is 52.7 Å². The van der Waals surface area contributed by atoms with E-state index in [1.165, 1.54) is 11.1 Å². The fraction of sp³-hybridized carbons (Fsp3) is 0.310. The van der Waals surface area contributed by atoms with Gasteiger partial charge in [-0.25, -0.2) is 4.98 Å². The van der Waals surface area contributed by atoms with Gasteiger partial charge in [-0.2, -0.15) is 0 Å². The van der Waals surface area contributed by atoms with E-state index in [4.69, 9.17) is 9.72 Å². The van der Waals surface area contributed by atoms with Crippen LogP contribution in [0.5, 0.6) is 5.75 Å². The molecule has 0 radical (unpaired) electrons. The molecule has 0 unspecified atom stereocenters. The maximum atomic E-state index is 13.5. The summed E-state index contributed by atoms with van der Waals surface area (Å²) < 4.78 is 8.32. The zero-order valence-corrected chi connectivity index (χ0v) is 20.1. The minimum atomic E-state index is 0.0787. The average Bonchev–Trinajstić information content (AvgIpc) is 3.19. The van der Waals surface area contributed by atoms with E-state index in [1.807, 2.05) is 51.9 Å². The summed E-state index contributed by atoms with van der Waals surface area (Å²) in [6.07, 6.45) is 2.00. The fourth-order valence-corrected chi connectivity index (χ4v) is 4.81. The van der Waals surface area contributed by atoms with Crippen LogP contribution in [0.25, 0.3) is 11.0 Å². The summed E-state index contributed by atoms with van der Waals surface area (Å²) in [4.78, 5) is 20.3. The van der Waals surface area contributed by atoms with E-state index in [-0.39, 0.29) is 12.5 Å². The number of aromatic nitrogens is 2. The molecule has 0 bridgehead atoms. The van der Waals surface area contributed by atoms with Crippen LogP contribution < -0.4 is 9.64 Å². The van der Waals surface area contributed by atoms with Gasteiger partial charge in [0.25, 0.3) is 0 Å². The molecule has 1 aliphatic heterocycles. The topological polar surface area (TPSA) is 47.4 Å². The van der Waals surface area contributed by atoms with E-state index >= 15 is 0 Å². The first-order chi connectivity index (χ1) is 16.5. The molecule has 1 aliphatic rings. The predicted molar refractivity (Wildman–Crippen MR) is 136 cm³/mol. The van der Waals surface area contributed by atoms with Crippen molar-refractivity contribution in [2.75, 3.05) is 11.4 Å². The van der Waals surface area contributed by atoms with Gasteiger partial charge in [-0.05, 0) is 66.6 Å². The zero-order valence-electron chi connectivity index (χ0n) is 20.1. The zero-order chi connectivity index (χ0) is 23.7. The number of carbonyl (C=O) groups is 1. The van der Waals surface area contributed by atoms with Crippen molar-refractivity contribution in [2.24, 2.45) is 0 Å². The first kappa shape index (κ1) is 22.2. The summed E-state index contributed by atoms with van der Waals surface area (Å²) in [6.45, 7) is 7.70. The Morgan fingerprint density at radius 3 is 2.71 bits per heavy atom. The highest BCUT2D eigenvalue weighted by atomic mass is 16.5. The van der Waals surface area contributed by atoms with Gasteiger partial charge >= 0.3 is 0 Å². The van der Waals surface area contributed by atoms with Crippen molar-refractivity contribution in [1.82, 2.24) is 9.55 Å². The highest BCUT2D eigenvalue weighted by Crippen LogP contribution is 2.30. The molecule has 174 valence electrons. The lowest BCUT2D eigenvalue weighted by atomic mass is 10.0. The Hall–Kier alpha value is -3.60. The molecule has 4 aromatic rings. The quantitative estimate of drug-likeness (QED) is 0.358. The molecule has 0 saturated carbocycles. The Balaban J connectivity index is 1.45. The van der Waals surface area contributed by atoms with Crippen LogP contribution in [0.1, 0.15) is 48.7 Å². The second kappa shape index (κ2) is 9.34. The number of hydrogen-bond donors (Lipinski definition) is 0. The number of nitrogens with zero attached hydrogens (tertiary/aromatic N) is 3. The molecule has 3 aromatic carbocycles. The molecule has 0 spiro atoms. The first-order valence-electron chi connectivity index (χ1n) is 12.1. The van der Waals surface area contributed by atoms with Gasteiger partial charge < -0.3 is 14.2 Å². The van der Waals surface area contributed by atoms with Gasteiger partial charge in [-0.1, -0.05) is 56.3 Å². The Morgan fingerprint density at radius 1 is 1.06 bits per heavy atom. The van der Waals surface area contributed by atoms with Crippen LogP contribution in [-0.4, -0.2) is 22.0 Å². The number of anilines is 1. The molecular weight excluding hydrogens is 422 g/mol. The number of para-hydroxylation sites is 3. The Morgan fingerprint density at radius 2 is 1.85 bits per heavy atom. The largest absolute Gasteiger partial charge is 0.485 e. The van der Waals surface area contributed by atoms with Crippen molar-refractivity contribution in [3.63, 3.8) is 0 Å². The van der Waals surface area contributed by atoms with Crippen molar-refractivity contribution >= 4 is 22.6 Å². The number of amides is 1. The lowest BCUT2D eigenvalue weighted by Crippen LogP contribution is -2.38. The first-order valence-corrected chi connectivity index (χ1v) is 12.1. The minimum Gasteiger partial charge on any atom is -0.485 e. The molecule has 0 fully saturated rings. The number of ether oxygens (including phenoxy) is 1. The molecule has 0 atom stereocenters. The van der Waals surface area contributed by atoms with Crippen LogP contribution in [0.2, 0.25) is 0 Å². The molecule has 5 rings (SSSR count). The van der Waals surface area contributed by atoms with E-state index in [0.29, 0.717) is 12.5 Å². The third kappa shape index (κ3) is 4.30. The molecule has 34 heavy (non-hydrogen) atoms. The molecule has 5 nitrogen and oxygen atoms in total. The second-order valence-corrected chi connectivity index (χ2v) is 9.37. The van der Waals surface area contributed by atoms with E-state index in [1.54, 1.807) is 0 Å². The predicted octanol–water partition coefficient (Wildman–Crippen LogP) is 6.03. The number of carbonyl (C=O) groups excluding carboxylic acids is 1. The Kier molecular flexibility index (Phi) is 6.10. The maximum absolute atomic E-state index is 13.5. The van der Waals surface area contributed by atoms with E-state index in [2.05, 4.69) is 45.0 Å². The van der Waals surface area contributed by atoms with Gasteiger partial charge in [0.1, 0.15) is 24.7 Å². The number of fused-ring (bicyclic) bond motifs is 2. The number of aryl methyl sites for hydroxylation is 2. The maximum Gasteiger partial charge on any atom is 0.246 e. The molecule has 2 heterocycles. The van der Waals surface area contributed by atoms with Gasteiger partial charge in [0, 0.05) is 12.2 Å². The molecule has 0 N–H and O–H groups in total. The summed E-state index contributed by atoms with van der Waals surface area (Å²) in [5, 5.41) is 0. The van der Waals surface area contributed by atoms with Gasteiger partial charge in [-0.15, -0.1) is 0 Å². The highest BCUT2D eigenvalue weighted by molar-refractivity contribution is 5.95. The van der Waals surface area contributed by atoms with Crippen LogP contribution >= 0.6 is 0 Å². The summed E-state index contributed by atoms with van der Waals surface area (Å²) in [7, 11) is 0. The Labute approximate surface area is 201 Å². The summed E-state index contributed by atoms with van der Waals surface area (Å²) in [5.74, 6) is 2.08. The summed E-state index contributed by atoms with van der Waals surface area (Å²) in [6, 6.07) is 22.5. The monoisotopic (exact) mass is 453 g/mol. The smallest absolute Gasteiger partial charge is 0.246 e. The fourth-order valence-electron chi connectivity index (χ4n) is 4.81. The summed E-state index contributed by atoms with van der Waals surface area (Å²) >= 11 is 0. The molecule has 1 aromatic heterocycles. The van der Waals surface area contributed by atoms with E-state index in [0.717, 1.165) is 53.2 Å². The van der Waals surface area contributed by atoms with Gasteiger partial charge in [0.2, 0.25) is 5.91 Å². The van der Waals surface area contributed by atoms with Crippen molar-refractivity contribution in [3.05, 3.63) is 89.2 Å². The molecule has 1 amide bonds. The average molecular weight is 454 g/mol. The molecular formula is C29H31N3O2. The highest BCUT2D eigenvalue weighted by Gasteiger charge is 2.24. The van der Waals surface area contributed by atoms with Crippen molar-refractivity contribution in [1.29, 1.82) is 0 Å². The van der Waals surface area contributed by atoms with Crippen molar-refractivity contribution in [3.8, 4) is 5.75 Å². The second-order valence-electron chi connectivity index (χ2n) is 9.37. The van der Waals surface area contributed by atoms with E-state index < -0.39 is 0 Å². The lowest BCUT2D eigenvalue weighted by Gasteiger charge is -2.29. The lowest BCUT2D eigenvalue weighted by molar-refractivity contribution is -0.119. The van der Waals surface area contributed by atoms with Crippen LogP contribution in [0, 0.1) is 6.92 Å². The number of rotatable bonds is 6.